The Morgan fingerprint density at radius 2 is 2.17 bits per heavy atom. The summed E-state index contributed by atoms with van der Waals surface area (Å²) in [5.74, 6) is 1.02. The highest BCUT2D eigenvalue weighted by Crippen LogP contribution is 2.34. The van der Waals surface area contributed by atoms with Crippen molar-refractivity contribution < 1.29 is 0 Å². The molecule has 0 spiro atoms. The zero-order valence-electron chi connectivity index (χ0n) is 17.1. The third kappa shape index (κ3) is 4.74. The number of fused-ring (bicyclic) bond motifs is 2. The number of nitrogens with one attached hydrogen (secondary N) is 1. The Balaban J connectivity index is 1.54. The van der Waals surface area contributed by atoms with Crippen LogP contribution in [0.1, 0.15) is 55.2 Å². The molecule has 5 heteroatoms. The maximum atomic E-state index is 6.21. The number of para-hydroxylation sites is 2. The van der Waals surface area contributed by atoms with Crippen LogP contribution in [0.5, 0.6) is 0 Å². The Morgan fingerprint density at radius 3 is 3.03 bits per heavy atom. The number of nitrogens with two attached hydrogens (primary N) is 1. The van der Waals surface area contributed by atoms with E-state index in [1.165, 1.54) is 17.7 Å². The van der Waals surface area contributed by atoms with Crippen molar-refractivity contribution in [2.75, 3.05) is 6.54 Å². The molecule has 1 aromatic carbocycles. The number of hydrogen-bond donors (Lipinski definition) is 2. The van der Waals surface area contributed by atoms with Gasteiger partial charge in [-0.1, -0.05) is 24.3 Å². The van der Waals surface area contributed by atoms with E-state index in [0.717, 1.165) is 62.1 Å². The molecular formula is C24H31N5. The Hall–Kier alpha value is -2.50. The van der Waals surface area contributed by atoms with Gasteiger partial charge in [0.25, 0.3) is 0 Å². The molecule has 29 heavy (non-hydrogen) atoms. The van der Waals surface area contributed by atoms with Crippen LogP contribution in [0.15, 0.2) is 55.3 Å². The van der Waals surface area contributed by atoms with Gasteiger partial charge in [0.2, 0.25) is 0 Å². The SMILES string of the molecule is C=CCC(N)CCCN(Cc1nc2ccccc2[nH]1)C1CCCc2cccnc21. The number of H-pyrrole nitrogens is 1. The van der Waals surface area contributed by atoms with Crippen LogP contribution in [0.4, 0.5) is 0 Å². The smallest absolute Gasteiger partial charge is 0.121 e. The van der Waals surface area contributed by atoms with Crippen LogP contribution in [-0.4, -0.2) is 32.4 Å². The molecule has 2 heterocycles. The zero-order valence-corrected chi connectivity index (χ0v) is 17.1. The third-order valence-electron chi connectivity index (χ3n) is 5.89. The minimum atomic E-state index is 0.192. The standard InChI is InChI=1S/C24H31N5/c1-2-8-19(25)11-7-16-29(17-23-27-20-12-3-4-13-21(20)28-23)22-14-5-9-18-10-6-15-26-24(18)22/h2-4,6,10,12-13,15,19,22H,1,5,7-9,11,14,16-17,25H2,(H,27,28). The fourth-order valence-electron chi connectivity index (χ4n) is 4.45. The number of aromatic amines is 1. The van der Waals surface area contributed by atoms with Crippen LogP contribution >= 0.6 is 0 Å². The van der Waals surface area contributed by atoms with Crippen LogP contribution in [0.25, 0.3) is 11.0 Å². The third-order valence-corrected chi connectivity index (χ3v) is 5.89. The first-order valence-corrected chi connectivity index (χ1v) is 10.7. The van der Waals surface area contributed by atoms with E-state index in [2.05, 4.69) is 40.7 Å². The Morgan fingerprint density at radius 1 is 1.28 bits per heavy atom. The monoisotopic (exact) mass is 389 g/mol. The summed E-state index contributed by atoms with van der Waals surface area (Å²) in [4.78, 5) is 15.6. The highest BCUT2D eigenvalue weighted by molar-refractivity contribution is 5.74. The summed E-state index contributed by atoms with van der Waals surface area (Å²) in [6.07, 6.45) is 10.3. The molecule has 0 radical (unpaired) electrons. The number of hydrogen-bond acceptors (Lipinski definition) is 4. The maximum absolute atomic E-state index is 6.21. The van der Waals surface area contributed by atoms with Gasteiger partial charge in [0.15, 0.2) is 0 Å². The molecule has 0 fully saturated rings. The van der Waals surface area contributed by atoms with E-state index in [-0.39, 0.29) is 6.04 Å². The number of nitrogens with zero attached hydrogens (tertiary/aromatic N) is 3. The van der Waals surface area contributed by atoms with E-state index in [1.54, 1.807) is 0 Å². The van der Waals surface area contributed by atoms with Gasteiger partial charge in [-0.2, -0.15) is 0 Å². The molecule has 4 rings (SSSR count). The highest BCUT2D eigenvalue weighted by Gasteiger charge is 2.27. The van der Waals surface area contributed by atoms with Gasteiger partial charge in [0, 0.05) is 12.2 Å². The largest absolute Gasteiger partial charge is 0.341 e. The van der Waals surface area contributed by atoms with E-state index in [9.17, 15) is 0 Å². The van der Waals surface area contributed by atoms with Crippen LogP contribution in [0.2, 0.25) is 0 Å². The van der Waals surface area contributed by atoms with Gasteiger partial charge in [0.05, 0.1) is 29.3 Å². The minimum absolute atomic E-state index is 0.192. The summed E-state index contributed by atoms with van der Waals surface area (Å²) in [5.41, 5.74) is 11.0. The quantitative estimate of drug-likeness (QED) is 0.528. The average Bonchev–Trinajstić information content (AvgIpc) is 3.15. The molecule has 3 aromatic rings. The Labute approximate surface area is 173 Å². The van der Waals surface area contributed by atoms with Gasteiger partial charge in [-0.15, -0.1) is 6.58 Å². The van der Waals surface area contributed by atoms with Crippen molar-refractivity contribution in [2.24, 2.45) is 5.73 Å². The van der Waals surface area contributed by atoms with Crippen molar-refractivity contribution in [1.29, 1.82) is 0 Å². The van der Waals surface area contributed by atoms with Crippen molar-refractivity contribution in [2.45, 2.75) is 57.2 Å². The number of aryl methyl sites for hydroxylation is 1. The summed E-state index contributed by atoms with van der Waals surface area (Å²) in [5, 5.41) is 0. The van der Waals surface area contributed by atoms with Gasteiger partial charge in [0.1, 0.15) is 5.82 Å². The second-order valence-electron chi connectivity index (χ2n) is 8.05. The molecule has 0 saturated heterocycles. The van der Waals surface area contributed by atoms with E-state index >= 15 is 0 Å². The van der Waals surface area contributed by atoms with Gasteiger partial charge in [-0.25, -0.2) is 4.98 Å². The lowest BCUT2D eigenvalue weighted by Gasteiger charge is -2.34. The highest BCUT2D eigenvalue weighted by atomic mass is 15.2. The Kier molecular flexibility index (Phi) is 6.37. The van der Waals surface area contributed by atoms with Gasteiger partial charge in [-0.05, 0) is 68.8 Å². The van der Waals surface area contributed by atoms with Gasteiger partial charge in [-0.3, -0.25) is 9.88 Å². The minimum Gasteiger partial charge on any atom is -0.341 e. The summed E-state index contributed by atoms with van der Waals surface area (Å²) in [6.45, 7) is 5.59. The van der Waals surface area contributed by atoms with Crippen molar-refractivity contribution in [3.63, 3.8) is 0 Å². The lowest BCUT2D eigenvalue weighted by atomic mass is 9.90. The number of benzene rings is 1. The van der Waals surface area contributed by atoms with Crippen molar-refractivity contribution >= 4 is 11.0 Å². The molecular weight excluding hydrogens is 358 g/mol. The first-order chi connectivity index (χ1) is 14.2. The van der Waals surface area contributed by atoms with Crippen LogP contribution in [0, 0.1) is 0 Å². The molecule has 0 aliphatic heterocycles. The summed E-state index contributed by atoms with van der Waals surface area (Å²) < 4.78 is 0. The molecule has 152 valence electrons. The second kappa shape index (κ2) is 9.33. The molecule has 1 aliphatic rings. The fourth-order valence-corrected chi connectivity index (χ4v) is 4.45. The molecule has 0 amide bonds. The summed E-state index contributed by atoms with van der Waals surface area (Å²) in [6, 6.07) is 13.0. The van der Waals surface area contributed by atoms with Gasteiger partial charge >= 0.3 is 0 Å². The maximum Gasteiger partial charge on any atom is 0.121 e. The predicted octanol–water partition coefficient (Wildman–Crippen LogP) is 4.52. The van der Waals surface area contributed by atoms with Crippen LogP contribution < -0.4 is 5.73 Å². The molecule has 2 unspecified atom stereocenters. The second-order valence-corrected chi connectivity index (χ2v) is 8.05. The molecule has 5 nitrogen and oxygen atoms in total. The summed E-state index contributed by atoms with van der Waals surface area (Å²) in [7, 11) is 0. The first-order valence-electron chi connectivity index (χ1n) is 10.7. The molecule has 0 bridgehead atoms. The molecule has 2 atom stereocenters. The number of imidazole rings is 1. The normalized spacial score (nSPS) is 17.4. The van der Waals surface area contributed by atoms with Crippen molar-refractivity contribution in [1.82, 2.24) is 19.9 Å². The first kappa shape index (κ1) is 19.8. The Bertz CT molecular complexity index is 914. The number of aromatic nitrogens is 3. The number of pyridine rings is 1. The molecule has 2 aromatic heterocycles. The zero-order chi connectivity index (χ0) is 20.1. The van der Waals surface area contributed by atoms with E-state index in [4.69, 9.17) is 15.7 Å². The van der Waals surface area contributed by atoms with E-state index < -0.39 is 0 Å². The van der Waals surface area contributed by atoms with E-state index in [1.807, 2.05) is 24.4 Å². The average molecular weight is 390 g/mol. The number of rotatable bonds is 9. The molecule has 1 aliphatic carbocycles. The topological polar surface area (TPSA) is 70.8 Å². The fraction of sp³-hybridized carbons (Fsp3) is 0.417. The molecule has 0 saturated carbocycles. The summed E-state index contributed by atoms with van der Waals surface area (Å²) >= 11 is 0. The van der Waals surface area contributed by atoms with E-state index in [0.29, 0.717) is 6.04 Å². The van der Waals surface area contributed by atoms with Crippen molar-refractivity contribution in [3.05, 3.63) is 72.3 Å². The van der Waals surface area contributed by atoms with Crippen LogP contribution in [-0.2, 0) is 13.0 Å². The van der Waals surface area contributed by atoms with Crippen molar-refractivity contribution in [3.8, 4) is 0 Å². The van der Waals surface area contributed by atoms with Gasteiger partial charge < -0.3 is 10.7 Å². The predicted molar refractivity (Wildman–Crippen MR) is 118 cm³/mol. The lowest BCUT2D eigenvalue weighted by Crippen LogP contribution is -2.33. The van der Waals surface area contributed by atoms with Crippen LogP contribution in [0.3, 0.4) is 0 Å². The molecule has 3 N–H and O–H groups in total. The lowest BCUT2D eigenvalue weighted by molar-refractivity contribution is 0.158.